The minimum absolute atomic E-state index is 0.0773. The van der Waals surface area contributed by atoms with E-state index >= 15 is 0 Å². The Morgan fingerprint density at radius 1 is 1.75 bits per heavy atom. The van der Waals surface area contributed by atoms with Crippen molar-refractivity contribution in [1.82, 2.24) is 4.98 Å². The summed E-state index contributed by atoms with van der Waals surface area (Å²) >= 11 is 5.47. The maximum absolute atomic E-state index is 10.3. The van der Waals surface area contributed by atoms with Crippen molar-refractivity contribution in [2.75, 3.05) is 0 Å². The zero-order valence-corrected chi connectivity index (χ0v) is 6.45. The minimum Gasteiger partial charge on any atom is -0.258 e. The van der Waals surface area contributed by atoms with Gasteiger partial charge in [0.05, 0.1) is 4.92 Å². The van der Waals surface area contributed by atoms with Crippen molar-refractivity contribution in [3.8, 4) is 6.07 Å². The van der Waals surface area contributed by atoms with Gasteiger partial charge in [-0.2, -0.15) is 5.26 Å². The summed E-state index contributed by atoms with van der Waals surface area (Å²) in [6.07, 6.45) is 1.24. The molecular weight excluding hydrogens is 182 g/mol. The van der Waals surface area contributed by atoms with Gasteiger partial charge < -0.3 is 0 Å². The first-order valence-corrected chi connectivity index (χ1v) is 3.23. The summed E-state index contributed by atoms with van der Waals surface area (Å²) in [4.78, 5) is 13.1. The number of hydrogen-bond donors (Lipinski definition) is 0. The van der Waals surface area contributed by atoms with Crippen LogP contribution in [0.4, 0.5) is 5.69 Å². The molecule has 0 unspecified atom stereocenters. The zero-order valence-electron chi connectivity index (χ0n) is 5.69. The molecule has 1 heterocycles. The van der Waals surface area contributed by atoms with E-state index in [1.807, 2.05) is 0 Å². The maximum Gasteiger partial charge on any atom is 0.324 e. The molecule has 60 valence electrons. The van der Waals surface area contributed by atoms with Gasteiger partial charge in [0.25, 0.3) is 0 Å². The summed E-state index contributed by atoms with van der Waals surface area (Å²) in [5, 5.41) is 18.7. The van der Waals surface area contributed by atoms with Gasteiger partial charge in [-0.1, -0.05) is 11.6 Å². The highest BCUT2D eigenvalue weighted by Gasteiger charge is 2.18. The number of nitrogens with zero attached hydrogens (tertiary/aromatic N) is 3. The lowest BCUT2D eigenvalue weighted by Gasteiger charge is -1.94. The van der Waals surface area contributed by atoms with Crippen LogP contribution in [0.25, 0.3) is 0 Å². The Hall–Kier alpha value is -1.67. The molecule has 0 fully saturated rings. The molecule has 0 aliphatic rings. The van der Waals surface area contributed by atoms with Crippen LogP contribution in [0, 0.1) is 21.4 Å². The van der Waals surface area contributed by atoms with Crippen molar-refractivity contribution >= 4 is 17.3 Å². The zero-order chi connectivity index (χ0) is 9.14. The van der Waals surface area contributed by atoms with Gasteiger partial charge in [-0.05, 0) is 6.07 Å². The van der Waals surface area contributed by atoms with Crippen LogP contribution >= 0.6 is 11.6 Å². The van der Waals surface area contributed by atoms with Crippen molar-refractivity contribution in [3.63, 3.8) is 0 Å². The second kappa shape index (κ2) is 3.15. The Balaban J connectivity index is 3.42. The summed E-state index contributed by atoms with van der Waals surface area (Å²) in [6, 6.07) is 2.84. The number of pyridine rings is 1. The van der Waals surface area contributed by atoms with E-state index in [1.54, 1.807) is 6.07 Å². The molecule has 0 radical (unpaired) electrons. The van der Waals surface area contributed by atoms with Gasteiger partial charge in [0.15, 0.2) is 0 Å². The van der Waals surface area contributed by atoms with Crippen LogP contribution in [0.1, 0.15) is 5.69 Å². The highest BCUT2D eigenvalue weighted by molar-refractivity contribution is 6.32. The first kappa shape index (κ1) is 8.43. The van der Waals surface area contributed by atoms with Crippen LogP contribution in [0.15, 0.2) is 12.3 Å². The first-order valence-electron chi connectivity index (χ1n) is 2.86. The minimum atomic E-state index is -0.728. The predicted octanol–water partition coefficient (Wildman–Crippen LogP) is 1.51. The van der Waals surface area contributed by atoms with Crippen molar-refractivity contribution in [3.05, 3.63) is 33.1 Å². The van der Waals surface area contributed by atoms with Crippen molar-refractivity contribution in [2.45, 2.75) is 0 Å². The van der Waals surface area contributed by atoms with Crippen LogP contribution in [0.2, 0.25) is 5.02 Å². The highest BCUT2D eigenvalue weighted by Crippen LogP contribution is 2.25. The Morgan fingerprint density at radius 2 is 2.42 bits per heavy atom. The fourth-order valence-corrected chi connectivity index (χ4v) is 0.901. The molecule has 0 aliphatic heterocycles. The van der Waals surface area contributed by atoms with E-state index in [9.17, 15) is 10.1 Å². The van der Waals surface area contributed by atoms with Crippen LogP contribution < -0.4 is 0 Å². The van der Waals surface area contributed by atoms with Crippen molar-refractivity contribution in [1.29, 1.82) is 5.26 Å². The molecule has 0 amide bonds. The largest absolute Gasteiger partial charge is 0.324 e. The number of nitro groups is 1. The lowest BCUT2D eigenvalue weighted by molar-refractivity contribution is -0.385. The standard InChI is InChI=1S/C6H2ClN3O2/c7-4-1-2-9-5(3-8)6(4)10(11)12/h1-2H. The lowest BCUT2D eigenvalue weighted by atomic mass is 10.3. The first-order chi connectivity index (χ1) is 5.66. The fraction of sp³-hybridized carbons (Fsp3) is 0. The average molecular weight is 184 g/mol. The molecule has 6 heteroatoms. The van der Waals surface area contributed by atoms with E-state index in [0.29, 0.717) is 0 Å². The molecule has 12 heavy (non-hydrogen) atoms. The molecule has 0 N–H and O–H groups in total. The molecule has 1 aromatic rings. The smallest absolute Gasteiger partial charge is 0.258 e. The van der Waals surface area contributed by atoms with E-state index < -0.39 is 10.6 Å². The molecule has 0 aliphatic carbocycles. The number of nitriles is 1. The second-order valence-electron chi connectivity index (χ2n) is 1.86. The van der Waals surface area contributed by atoms with Crippen LogP contribution in [0.3, 0.4) is 0 Å². The van der Waals surface area contributed by atoms with Gasteiger partial charge in [-0.25, -0.2) is 4.98 Å². The molecule has 1 aromatic heterocycles. The number of hydrogen-bond acceptors (Lipinski definition) is 4. The van der Waals surface area contributed by atoms with E-state index in [4.69, 9.17) is 16.9 Å². The molecular formula is C6H2ClN3O2. The van der Waals surface area contributed by atoms with Crippen LogP contribution in [-0.4, -0.2) is 9.91 Å². The summed E-state index contributed by atoms with van der Waals surface area (Å²) in [5.41, 5.74) is -0.714. The Morgan fingerprint density at radius 3 is 2.83 bits per heavy atom. The van der Waals surface area contributed by atoms with Gasteiger partial charge >= 0.3 is 5.69 Å². The molecule has 0 saturated carbocycles. The van der Waals surface area contributed by atoms with Crippen molar-refractivity contribution in [2.24, 2.45) is 0 Å². The molecule has 1 rings (SSSR count). The topological polar surface area (TPSA) is 79.8 Å². The third-order valence-corrected chi connectivity index (χ3v) is 1.47. The van der Waals surface area contributed by atoms with Gasteiger partial charge in [-0.3, -0.25) is 10.1 Å². The van der Waals surface area contributed by atoms with E-state index in [2.05, 4.69) is 4.98 Å². The molecule has 5 nitrogen and oxygen atoms in total. The van der Waals surface area contributed by atoms with Crippen molar-refractivity contribution < 1.29 is 4.92 Å². The Kier molecular flexibility index (Phi) is 2.21. The quantitative estimate of drug-likeness (QED) is 0.488. The maximum atomic E-state index is 10.3. The summed E-state index contributed by atoms with van der Waals surface area (Å²) < 4.78 is 0. The molecule has 0 aromatic carbocycles. The average Bonchev–Trinajstić information content (AvgIpc) is 2.03. The number of halogens is 1. The third-order valence-electron chi connectivity index (χ3n) is 1.16. The second-order valence-corrected chi connectivity index (χ2v) is 2.27. The van der Waals surface area contributed by atoms with Gasteiger partial charge in [-0.15, -0.1) is 0 Å². The van der Waals surface area contributed by atoms with Gasteiger partial charge in [0, 0.05) is 6.20 Å². The SMILES string of the molecule is N#Cc1nccc(Cl)c1[N+](=O)[O-]. The van der Waals surface area contributed by atoms with E-state index in [-0.39, 0.29) is 10.7 Å². The molecule has 0 saturated heterocycles. The van der Waals surface area contributed by atoms with Crippen LogP contribution in [0.5, 0.6) is 0 Å². The highest BCUT2D eigenvalue weighted by atomic mass is 35.5. The molecule has 0 spiro atoms. The van der Waals surface area contributed by atoms with E-state index in [0.717, 1.165) is 0 Å². The van der Waals surface area contributed by atoms with E-state index in [1.165, 1.54) is 12.3 Å². The predicted molar refractivity (Wildman–Crippen MR) is 40.6 cm³/mol. The monoisotopic (exact) mass is 183 g/mol. The summed E-state index contributed by atoms with van der Waals surface area (Å²) in [5.74, 6) is 0. The Labute approximate surface area is 72.4 Å². The molecule has 0 atom stereocenters. The Bertz CT molecular complexity index is 372. The van der Waals surface area contributed by atoms with Gasteiger partial charge in [0.2, 0.25) is 5.69 Å². The third kappa shape index (κ3) is 1.33. The van der Waals surface area contributed by atoms with Gasteiger partial charge in [0.1, 0.15) is 11.1 Å². The molecule has 0 bridgehead atoms. The number of rotatable bonds is 1. The normalized spacial score (nSPS) is 9.00. The fourth-order valence-electron chi connectivity index (χ4n) is 0.686. The lowest BCUT2D eigenvalue weighted by Crippen LogP contribution is -1.95. The summed E-state index contributed by atoms with van der Waals surface area (Å²) in [7, 11) is 0. The number of aromatic nitrogens is 1. The van der Waals surface area contributed by atoms with Crippen LogP contribution in [-0.2, 0) is 0 Å². The summed E-state index contributed by atoms with van der Waals surface area (Å²) in [6.45, 7) is 0.